The van der Waals surface area contributed by atoms with E-state index in [0.717, 1.165) is 16.5 Å². The van der Waals surface area contributed by atoms with E-state index in [-0.39, 0.29) is 37.4 Å². The minimum absolute atomic E-state index is 0.0437. The van der Waals surface area contributed by atoms with Gasteiger partial charge in [0.1, 0.15) is 18.1 Å². The molecule has 14 heteroatoms. The maximum Gasteiger partial charge on any atom is 0.326 e. The van der Waals surface area contributed by atoms with Gasteiger partial charge in [0, 0.05) is 41.1 Å². The minimum Gasteiger partial charge on any atom is -0.480 e. The standard InChI is InChI=1S/C38H40BrN5O7S/c39-26-12-10-25(11-13-26)29-22-35(47)42-30(19-23-5-2-1-3-6-23)36(48)44-32(38(50)51)20-24-8-14-27(15-9-24)40-33(45)16-17-34(46)41-31(37(49)43-29)21-28-7-4-18-52-28/h1-6,8-15,18,28-32H,7,16-17,19-22H2,(H,40,45)(H,41,46)(H,42,47)(H,43,49)(H,44,48)(H,50,51)/t28?,29-,30+,31+,32-/m0/s1. The lowest BCUT2D eigenvalue weighted by Crippen LogP contribution is -2.53. The zero-order valence-electron chi connectivity index (χ0n) is 28.2. The summed E-state index contributed by atoms with van der Waals surface area (Å²) < 4.78 is 0.786. The topological polar surface area (TPSA) is 183 Å². The van der Waals surface area contributed by atoms with Crippen LogP contribution in [-0.2, 0) is 41.6 Å². The Balaban J connectivity index is 1.46. The monoisotopic (exact) mass is 789 g/mol. The number of carbonyl (C=O) groups is 6. The molecule has 6 rings (SSSR count). The van der Waals surface area contributed by atoms with E-state index in [2.05, 4.69) is 42.5 Å². The fourth-order valence-corrected chi connectivity index (χ4v) is 7.18. The van der Waals surface area contributed by atoms with E-state index in [1.807, 2.05) is 17.6 Å². The first-order valence-corrected chi connectivity index (χ1v) is 18.7. The zero-order valence-corrected chi connectivity index (χ0v) is 30.6. The SMILES string of the molecule is O=C1CCC(=O)N[C@H](CC2CC=CS2)C(=O)N[C@H](c2ccc(Br)cc2)CC(=O)N[C@H](Cc2ccccc2)C(=O)N[C@H](C(=O)O)Cc2ccc(cc2)N1. The van der Waals surface area contributed by atoms with Crippen LogP contribution in [0.1, 0.15) is 54.8 Å². The molecule has 12 nitrogen and oxygen atoms in total. The summed E-state index contributed by atoms with van der Waals surface area (Å²) in [4.78, 5) is 79.6. The van der Waals surface area contributed by atoms with Crippen LogP contribution in [0.4, 0.5) is 5.69 Å². The average Bonchev–Trinajstić information content (AvgIpc) is 3.64. The Kier molecular flexibility index (Phi) is 13.6. The summed E-state index contributed by atoms with van der Waals surface area (Å²) in [5, 5.41) is 25.9. The lowest BCUT2D eigenvalue weighted by Gasteiger charge is -2.26. The molecule has 3 heterocycles. The number of thioether (sulfide) groups is 1. The van der Waals surface area contributed by atoms with E-state index in [9.17, 15) is 33.9 Å². The number of nitrogens with one attached hydrogen (secondary N) is 5. The summed E-state index contributed by atoms with van der Waals surface area (Å²) in [5.41, 5.74) is 2.38. The number of carbonyl (C=O) groups excluding carboxylic acids is 5. The van der Waals surface area contributed by atoms with Crippen molar-refractivity contribution >= 4 is 68.9 Å². The molecule has 0 aromatic heterocycles. The number of amides is 5. The van der Waals surface area contributed by atoms with Crippen molar-refractivity contribution in [3.63, 3.8) is 0 Å². The van der Waals surface area contributed by atoms with Crippen molar-refractivity contribution in [2.75, 3.05) is 5.32 Å². The number of halogens is 1. The molecule has 52 heavy (non-hydrogen) atoms. The Morgan fingerprint density at radius 2 is 1.42 bits per heavy atom. The Morgan fingerprint density at radius 1 is 0.750 bits per heavy atom. The van der Waals surface area contributed by atoms with Gasteiger partial charge >= 0.3 is 5.97 Å². The van der Waals surface area contributed by atoms with E-state index < -0.39 is 59.7 Å². The van der Waals surface area contributed by atoms with Crippen LogP contribution in [-0.4, -0.2) is 64.0 Å². The summed E-state index contributed by atoms with van der Waals surface area (Å²) in [7, 11) is 0. The lowest BCUT2D eigenvalue weighted by atomic mass is 10.00. The molecule has 2 bridgehead atoms. The molecule has 272 valence electrons. The van der Waals surface area contributed by atoms with Gasteiger partial charge in [-0.05, 0) is 59.2 Å². The van der Waals surface area contributed by atoms with Gasteiger partial charge in [-0.2, -0.15) is 0 Å². The van der Waals surface area contributed by atoms with Crippen molar-refractivity contribution in [1.82, 2.24) is 21.3 Å². The van der Waals surface area contributed by atoms with Crippen LogP contribution >= 0.6 is 27.7 Å². The molecular weight excluding hydrogens is 750 g/mol. The molecule has 5 atom stereocenters. The highest BCUT2D eigenvalue weighted by Crippen LogP contribution is 2.28. The highest BCUT2D eigenvalue weighted by molar-refractivity contribution is 9.10. The fraction of sp³-hybridized carbons (Fsp3) is 0.316. The van der Waals surface area contributed by atoms with E-state index in [1.54, 1.807) is 84.6 Å². The summed E-state index contributed by atoms with van der Waals surface area (Å²) in [6.45, 7) is 0. The fourth-order valence-electron chi connectivity index (χ4n) is 5.94. The number of benzene rings is 3. The van der Waals surface area contributed by atoms with Crippen LogP contribution in [0.3, 0.4) is 0 Å². The normalized spacial score (nSPS) is 23.6. The van der Waals surface area contributed by atoms with Crippen molar-refractivity contribution in [2.45, 2.75) is 74.4 Å². The third-order valence-electron chi connectivity index (χ3n) is 8.70. The molecule has 0 aliphatic carbocycles. The van der Waals surface area contributed by atoms with Crippen molar-refractivity contribution < 1.29 is 33.9 Å². The maximum atomic E-state index is 13.9. The first-order valence-electron chi connectivity index (χ1n) is 16.9. The van der Waals surface area contributed by atoms with Gasteiger partial charge in [0.15, 0.2) is 0 Å². The molecule has 3 aromatic carbocycles. The number of allylic oxidation sites excluding steroid dienone is 1. The molecule has 6 N–H and O–H groups in total. The van der Waals surface area contributed by atoms with E-state index >= 15 is 0 Å². The number of hydrogen-bond donors (Lipinski definition) is 6. The second kappa shape index (κ2) is 18.5. The van der Waals surface area contributed by atoms with Crippen LogP contribution in [0.15, 0.2) is 94.8 Å². The summed E-state index contributed by atoms with van der Waals surface area (Å²) in [6.07, 6.45) is 2.49. The minimum atomic E-state index is -1.32. The molecule has 3 aliphatic heterocycles. The van der Waals surface area contributed by atoms with Crippen molar-refractivity contribution in [3.05, 3.63) is 112 Å². The summed E-state index contributed by atoms with van der Waals surface area (Å²) in [6, 6.07) is 18.3. The predicted octanol–water partition coefficient (Wildman–Crippen LogP) is 4.16. The smallest absolute Gasteiger partial charge is 0.326 e. The zero-order chi connectivity index (χ0) is 37.0. The number of anilines is 1. The first kappa shape index (κ1) is 38.3. The van der Waals surface area contributed by atoms with E-state index in [0.29, 0.717) is 23.2 Å². The van der Waals surface area contributed by atoms with Gasteiger partial charge < -0.3 is 31.7 Å². The second-order valence-electron chi connectivity index (χ2n) is 12.7. The van der Waals surface area contributed by atoms with Gasteiger partial charge in [0.2, 0.25) is 29.5 Å². The van der Waals surface area contributed by atoms with Crippen molar-refractivity contribution in [3.8, 4) is 0 Å². The highest BCUT2D eigenvalue weighted by Gasteiger charge is 2.31. The van der Waals surface area contributed by atoms with Crippen molar-refractivity contribution in [1.29, 1.82) is 0 Å². The molecule has 1 unspecified atom stereocenters. The largest absolute Gasteiger partial charge is 0.480 e. The first-order chi connectivity index (χ1) is 25.0. The number of fused-ring (bicyclic) bond motifs is 19. The molecule has 0 spiro atoms. The molecular formula is C38H40BrN5O7S. The number of carboxylic acids is 1. The maximum absolute atomic E-state index is 13.9. The van der Waals surface area contributed by atoms with Crippen LogP contribution in [0.2, 0.25) is 0 Å². The summed E-state index contributed by atoms with van der Waals surface area (Å²) in [5.74, 6) is -3.90. The number of carboxylic acid groups (broad SMARTS) is 1. The van der Waals surface area contributed by atoms with Gasteiger partial charge in [-0.25, -0.2) is 4.79 Å². The van der Waals surface area contributed by atoms with Gasteiger partial charge in [-0.3, -0.25) is 24.0 Å². The lowest BCUT2D eigenvalue weighted by molar-refractivity contribution is -0.142. The van der Waals surface area contributed by atoms with Gasteiger partial charge in [-0.1, -0.05) is 76.6 Å². The molecule has 0 fully saturated rings. The highest BCUT2D eigenvalue weighted by atomic mass is 79.9. The third kappa shape index (κ3) is 11.5. The molecule has 3 aromatic rings. The predicted molar refractivity (Wildman–Crippen MR) is 201 cm³/mol. The van der Waals surface area contributed by atoms with Crippen LogP contribution in [0, 0.1) is 0 Å². The third-order valence-corrected chi connectivity index (χ3v) is 10.3. The van der Waals surface area contributed by atoms with Crippen molar-refractivity contribution in [2.24, 2.45) is 0 Å². The Labute approximate surface area is 314 Å². The Hall–Kier alpha value is -4.95. The van der Waals surface area contributed by atoms with E-state index in [4.69, 9.17) is 0 Å². The Bertz CT molecular complexity index is 1780. The second-order valence-corrected chi connectivity index (χ2v) is 14.8. The average molecular weight is 791 g/mol. The van der Waals surface area contributed by atoms with Gasteiger partial charge in [-0.15, -0.1) is 11.8 Å². The molecule has 0 saturated carbocycles. The molecule has 5 amide bonds. The van der Waals surface area contributed by atoms with Crippen LogP contribution in [0.25, 0.3) is 0 Å². The Morgan fingerprint density at radius 3 is 2.10 bits per heavy atom. The number of hydrogen-bond acceptors (Lipinski definition) is 7. The van der Waals surface area contributed by atoms with E-state index in [1.165, 1.54) is 0 Å². The quantitative estimate of drug-likeness (QED) is 0.215. The molecule has 0 saturated heterocycles. The van der Waals surface area contributed by atoms with Crippen LogP contribution < -0.4 is 26.6 Å². The number of aliphatic carboxylic acids is 1. The summed E-state index contributed by atoms with van der Waals surface area (Å²) >= 11 is 4.98. The van der Waals surface area contributed by atoms with Gasteiger partial charge in [0.25, 0.3) is 0 Å². The van der Waals surface area contributed by atoms with Crippen LogP contribution in [0.5, 0.6) is 0 Å². The molecule has 3 aliphatic rings. The molecule has 0 radical (unpaired) electrons. The van der Waals surface area contributed by atoms with Gasteiger partial charge in [0.05, 0.1) is 12.5 Å². The number of rotatable bonds is 6.